The van der Waals surface area contributed by atoms with Crippen LogP contribution in [0, 0.1) is 13.8 Å². The van der Waals surface area contributed by atoms with E-state index in [4.69, 9.17) is 9.47 Å². The third-order valence-corrected chi connectivity index (χ3v) is 5.10. The lowest BCUT2D eigenvalue weighted by atomic mass is 10.1. The highest BCUT2D eigenvalue weighted by Crippen LogP contribution is 2.31. The molecule has 2 N–H and O–H groups in total. The number of carbonyl (C=O) groups excluding carboxylic acids is 1. The highest BCUT2D eigenvalue weighted by Gasteiger charge is 2.21. The minimum atomic E-state index is -0.306. The van der Waals surface area contributed by atoms with Crippen molar-refractivity contribution in [1.29, 1.82) is 0 Å². The van der Waals surface area contributed by atoms with Crippen LogP contribution in [0.2, 0.25) is 0 Å². The van der Waals surface area contributed by atoms with Gasteiger partial charge in [-0.3, -0.25) is 0 Å². The fraction of sp³-hybridized carbons (Fsp3) is 0.300. The van der Waals surface area contributed by atoms with Crippen LogP contribution in [0.5, 0.6) is 5.75 Å². The van der Waals surface area contributed by atoms with E-state index in [9.17, 15) is 4.79 Å². The molecule has 0 saturated carbocycles. The van der Waals surface area contributed by atoms with Gasteiger partial charge in [0.1, 0.15) is 11.4 Å². The van der Waals surface area contributed by atoms with E-state index in [2.05, 4.69) is 15.3 Å². The first-order valence-electron chi connectivity index (χ1n) is 8.73. The Hall–Kier alpha value is -2.80. The molecule has 142 valence electrons. The monoisotopic (exact) mass is 385 g/mol. The van der Waals surface area contributed by atoms with Crippen LogP contribution in [0.15, 0.2) is 29.6 Å². The Labute approximate surface area is 162 Å². The molecule has 0 spiro atoms. The summed E-state index contributed by atoms with van der Waals surface area (Å²) in [6.07, 6.45) is 0. The molecular weight excluding hydrogens is 362 g/mol. The molecule has 7 heteroatoms. The average molecular weight is 385 g/mol. The second-order valence-corrected chi connectivity index (χ2v) is 6.91. The first-order valence-corrected chi connectivity index (χ1v) is 9.61. The lowest BCUT2D eigenvalue weighted by Crippen LogP contribution is -2.06. The summed E-state index contributed by atoms with van der Waals surface area (Å²) >= 11 is 1.52. The van der Waals surface area contributed by atoms with Crippen molar-refractivity contribution in [3.8, 4) is 17.1 Å². The van der Waals surface area contributed by atoms with Gasteiger partial charge in [0, 0.05) is 23.2 Å². The van der Waals surface area contributed by atoms with Gasteiger partial charge in [0.25, 0.3) is 0 Å². The summed E-state index contributed by atoms with van der Waals surface area (Å²) in [4.78, 5) is 20.1. The van der Waals surface area contributed by atoms with Crippen LogP contribution in [0.25, 0.3) is 11.4 Å². The molecule has 1 aromatic carbocycles. The minimum absolute atomic E-state index is 0.306. The number of thiazole rings is 1. The van der Waals surface area contributed by atoms with E-state index >= 15 is 0 Å². The van der Waals surface area contributed by atoms with Gasteiger partial charge in [-0.15, -0.1) is 11.3 Å². The van der Waals surface area contributed by atoms with E-state index in [0.717, 1.165) is 39.1 Å². The molecule has 0 atom stereocenters. The highest BCUT2D eigenvalue weighted by molar-refractivity contribution is 7.14. The van der Waals surface area contributed by atoms with Crippen molar-refractivity contribution < 1.29 is 14.3 Å². The molecule has 0 unspecified atom stereocenters. The van der Waals surface area contributed by atoms with Gasteiger partial charge in [-0.25, -0.2) is 9.78 Å². The zero-order chi connectivity index (χ0) is 19.4. The van der Waals surface area contributed by atoms with Crippen molar-refractivity contribution >= 4 is 22.4 Å². The first kappa shape index (κ1) is 19.0. The Morgan fingerprint density at radius 1 is 1.30 bits per heavy atom. The van der Waals surface area contributed by atoms with E-state index in [0.29, 0.717) is 18.7 Å². The summed E-state index contributed by atoms with van der Waals surface area (Å²) in [5, 5.41) is 6.11. The summed E-state index contributed by atoms with van der Waals surface area (Å²) in [6.45, 7) is 6.55. The molecule has 0 saturated heterocycles. The minimum Gasteiger partial charge on any atom is -0.496 e. The Bertz CT molecular complexity index is 946. The van der Waals surface area contributed by atoms with Gasteiger partial charge < -0.3 is 19.8 Å². The van der Waals surface area contributed by atoms with E-state index in [-0.39, 0.29) is 5.97 Å². The Balaban J connectivity index is 1.78. The summed E-state index contributed by atoms with van der Waals surface area (Å²) in [6, 6.07) is 7.88. The van der Waals surface area contributed by atoms with Crippen LogP contribution < -0.4 is 10.1 Å². The Kier molecular flexibility index (Phi) is 5.81. The van der Waals surface area contributed by atoms with Gasteiger partial charge in [-0.05, 0) is 32.4 Å². The highest BCUT2D eigenvalue weighted by atomic mass is 32.1. The number of nitrogens with one attached hydrogen (secondary N) is 2. The number of esters is 1. The normalized spacial score (nSPS) is 10.7. The van der Waals surface area contributed by atoms with Crippen LogP contribution >= 0.6 is 11.3 Å². The molecule has 27 heavy (non-hydrogen) atoms. The number of ether oxygens (including phenoxy) is 2. The van der Waals surface area contributed by atoms with Crippen LogP contribution in [0.1, 0.15) is 34.1 Å². The number of rotatable bonds is 7. The molecule has 0 fully saturated rings. The fourth-order valence-corrected chi connectivity index (χ4v) is 3.71. The number of aromatic nitrogens is 2. The molecule has 0 amide bonds. The summed E-state index contributed by atoms with van der Waals surface area (Å²) < 4.78 is 10.5. The molecule has 0 aliphatic carbocycles. The number of benzene rings is 1. The number of carbonyl (C=O) groups is 1. The van der Waals surface area contributed by atoms with Gasteiger partial charge in [0.2, 0.25) is 0 Å². The molecule has 0 bridgehead atoms. The Morgan fingerprint density at radius 3 is 2.81 bits per heavy atom. The van der Waals surface area contributed by atoms with Crippen molar-refractivity contribution in [2.45, 2.75) is 27.3 Å². The lowest BCUT2D eigenvalue weighted by Gasteiger charge is -2.08. The number of H-pyrrole nitrogens is 1. The molecule has 3 rings (SSSR count). The topological polar surface area (TPSA) is 76.2 Å². The number of nitrogens with zero attached hydrogens (tertiary/aromatic N) is 1. The summed E-state index contributed by atoms with van der Waals surface area (Å²) in [5.41, 5.74) is 4.94. The fourth-order valence-electron chi connectivity index (χ4n) is 3.01. The largest absolute Gasteiger partial charge is 0.496 e. The van der Waals surface area contributed by atoms with Gasteiger partial charge in [-0.1, -0.05) is 18.2 Å². The number of aromatic amines is 1. The maximum atomic E-state index is 12.2. The van der Waals surface area contributed by atoms with Crippen molar-refractivity contribution in [3.05, 3.63) is 52.0 Å². The number of aryl methyl sites for hydroxylation is 1. The quantitative estimate of drug-likeness (QED) is 0.584. The predicted molar refractivity (Wildman–Crippen MR) is 108 cm³/mol. The molecule has 2 heterocycles. The standard InChI is InChI=1S/C20H23N3O3S/c1-5-26-19(24)17-12(2)18(22-13(17)3)15-11-27-20(23-15)21-10-14-8-6-7-9-16(14)25-4/h6-9,11,22H,5,10H2,1-4H3,(H,21,23). The van der Waals surface area contributed by atoms with E-state index in [1.54, 1.807) is 14.0 Å². The van der Waals surface area contributed by atoms with Crippen molar-refractivity contribution in [2.24, 2.45) is 0 Å². The maximum Gasteiger partial charge on any atom is 0.340 e. The lowest BCUT2D eigenvalue weighted by molar-refractivity contribution is 0.0525. The molecule has 6 nitrogen and oxygen atoms in total. The van der Waals surface area contributed by atoms with E-state index in [1.165, 1.54) is 11.3 Å². The van der Waals surface area contributed by atoms with Crippen molar-refractivity contribution in [1.82, 2.24) is 9.97 Å². The first-order chi connectivity index (χ1) is 13.0. The number of hydrogen-bond acceptors (Lipinski definition) is 6. The summed E-state index contributed by atoms with van der Waals surface area (Å²) in [5.74, 6) is 0.538. The second-order valence-electron chi connectivity index (χ2n) is 6.05. The number of para-hydroxylation sites is 1. The van der Waals surface area contributed by atoms with Crippen LogP contribution in [-0.4, -0.2) is 29.7 Å². The predicted octanol–water partition coefficient (Wildman–Crippen LogP) is 4.55. The van der Waals surface area contributed by atoms with Crippen LogP contribution in [0.4, 0.5) is 5.13 Å². The van der Waals surface area contributed by atoms with E-state index in [1.807, 2.05) is 43.5 Å². The molecule has 3 aromatic rings. The van der Waals surface area contributed by atoms with Crippen molar-refractivity contribution in [3.63, 3.8) is 0 Å². The summed E-state index contributed by atoms with van der Waals surface area (Å²) in [7, 11) is 1.66. The maximum absolute atomic E-state index is 12.2. The van der Waals surface area contributed by atoms with Gasteiger partial charge in [0.15, 0.2) is 5.13 Å². The van der Waals surface area contributed by atoms with Gasteiger partial charge in [-0.2, -0.15) is 0 Å². The molecule has 2 aromatic heterocycles. The number of methoxy groups -OCH3 is 1. The molecular formula is C20H23N3O3S. The number of hydrogen-bond donors (Lipinski definition) is 2. The second kappa shape index (κ2) is 8.26. The third kappa shape index (κ3) is 3.98. The van der Waals surface area contributed by atoms with Crippen molar-refractivity contribution in [2.75, 3.05) is 19.0 Å². The molecule has 0 radical (unpaired) electrons. The van der Waals surface area contributed by atoms with Crippen LogP contribution in [-0.2, 0) is 11.3 Å². The SMILES string of the molecule is CCOC(=O)c1c(C)[nH]c(-c2csc(NCc3ccccc3OC)n2)c1C. The van der Waals surface area contributed by atoms with Gasteiger partial charge in [0.05, 0.1) is 25.0 Å². The van der Waals surface area contributed by atoms with E-state index < -0.39 is 0 Å². The van der Waals surface area contributed by atoms with Crippen LogP contribution in [0.3, 0.4) is 0 Å². The molecule has 0 aliphatic heterocycles. The zero-order valence-corrected chi connectivity index (χ0v) is 16.7. The Morgan fingerprint density at radius 2 is 2.07 bits per heavy atom. The average Bonchev–Trinajstić information content (AvgIpc) is 3.24. The number of anilines is 1. The zero-order valence-electron chi connectivity index (χ0n) is 15.9. The smallest absolute Gasteiger partial charge is 0.340 e. The van der Waals surface area contributed by atoms with Gasteiger partial charge >= 0.3 is 5.97 Å². The third-order valence-electron chi connectivity index (χ3n) is 4.30. The molecule has 0 aliphatic rings.